The minimum atomic E-state index is -0.149. The van der Waals surface area contributed by atoms with Crippen molar-refractivity contribution in [3.05, 3.63) is 71.5 Å². The topological polar surface area (TPSA) is 60.2 Å². The molecule has 3 aromatic rings. The molecule has 0 N–H and O–H groups in total. The molecule has 0 spiro atoms. The molecule has 6 heteroatoms. The van der Waals surface area contributed by atoms with E-state index in [0.29, 0.717) is 18.8 Å². The second kappa shape index (κ2) is 8.49. The molecule has 3 rings (SSSR count). The maximum absolute atomic E-state index is 12.5. The summed E-state index contributed by atoms with van der Waals surface area (Å²) in [6, 6.07) is 15.7. The van der Waals surface area contributed by atoms with Gasteiger partial charge in [0.2, 0.25) is 0 Å². The molecule has 1 amide bonds. The first-order chi connectivity index (χ1) is 13.0. The van der Waals surface area contributed by atoms with E-state index in [1.165, 1.54) is 5.56 Å². The van der Waals surface area contributed by atoms with E-state index in [1.807, 2.05) is 49.4 Å². The Balaban J connectivity index is 1.50. The molecule has 0 aliphatic heterocycles. The summed E-state index contributed by atoms with van der Waals surface area (Å²) in [6.07, 6.45) is 2.39. The van der Waals surface area contributed by atoms with Crippen LogP contribution in [-0.2, 0) is 0 Å². The highest BCUT2D eigenvalue weighted by Gasteiger charge is 2.16. The molecule has 2 aromatic carbocycles. The van der Waals surface area contributed by atoms with Gasteiger partial charge >= 0.3 is 0 Å². The lowest BCUT2D eigenvalue weighted by Crippen LogP contribution is -2.29. The fourth-order valence-electron chi connectivity index (χ4n) is 2.81. The molecule has 6 nitrogen and oxygen atoms in total. The van der Waals surface area contributed by atoms with Gasteiger partial charge in [-0.15, -0.1) is 5.10 Å². The molecule has 0 atom stereocenters. The highest BCUT2D eigenvalue weighted by atomic mass is 16.5. The predicted octanol–water partition coefficient (Wildman–Crippen LogP) is 3.43. The van der Waals surface area contributed by atoms with Crippen LogP contribution in [0.5, 0.6) is 5.75 Å². The Morgan fingerprint density at radius 1 is 1.15 bits per heavy atom. The first-order valence-corrected chi connectivity index (χ1v) is 8.98. The third kappa shape index (κ3) is 4.73. The van der Waals surface area contributed by atoms with Crippen LogP contribution in [-0.4, -0.2) is 46.0 Å². The van der Waals surface area contributed by atoms with Crippen molar-refractivity contribution in [3.8, 4) is 11.4 Å². The summed E-state index contributed by atoms with van der Waals surface area (Å²) in [5.41, 5.74) is 3.54. The number of carbonyl (C=O) groups is 1. The zero-order valence-electron chi connectivity index (χ0n) is 15.9. The number of para-hydroxylation sites is 1. The molecule has 0 fully saturated rings. The van der Waals surface area contributed by atoms with Crippen molar-refractivity contribution in [1.29, 1.82) is 0 Å². The van der Waals surface area contributed by atoms with Crippen LogP contribution in [0.4, 0.5) is 0 Å². The largest absolute Gasteiger partial charge is 0.493 e. The summed E-state index contributed by atoms with van der Waals surface area (Å²) in [6.45, 7) is 5.24. The normalized spacial score (nSPS) is 10.6. The Morgan fingerprint density at radius 2 is 1.93 bits per heavy atom. The summed E-state index contributed by atoms with van der Waals surface area (Å²) in [4.78, 5) is 14.2. The summed E-state index contributed by atoms with van der Waals surface area (Å²) in [5.74, 6) is 0.740. The minimum Gasteiger partial charge on any atom is -0.493 e. The molecule has 0 aliphatic carbocycles. The first kappa shape index (κ1) is 18.6. The van der Waals surface area contributed by atoms with Gasteiger partial charge in [-0.2, -0.15) is 0 Å². The van der Waals surface area contributed by atoms with Gasteiger partial charge in [0, 0.05) is 13.6 Å². The van der Waals surface area contributed by atoms with Gasteiger partial charge < -0.3 is 9.64 Å². The molecular weight excluding hydrogens is 340 g/mol. The van der Waals surface area contributed by atoms with Crippen LogP contribution in [0.25, 0.3) is 5.69 Å². The van der Waals surface area contributed by atoms with E-state index in [9.17, 15) is 4.79 Å². The average Bonchev–Trinajstić information content (AvgIpc) is 3.16. The second-order valence-electron chi connectivity index (χ2n) is 6.58. The second-order valence-corrected chi connectivity index (χ2v) is 6.58. The zero-order valence-corrected chi connectivity index (χ0v) is 15.9. The van der Waals surface area contributed by atoms with Crippen LogP contribution < -0.4 is 4.74 Å². The Kier molecular flexibility index (Phi) is 5.86. The molecule has 1 heterocycles. The van der Waals surface area contributed by atoms with Gasteiger partial charge in [0.1, 0.15) is 5.75 Å². The van der Waals surface area contributed by atoms with Crippen molar-refractivity contribution in [2.24, 2.45) is 0 Å². The van der Waals surface area contributed by atoms with E-state index < -0.39 is 0 Å². The number of nitrogens with zero attached hydrogens (tertiary/aromatic N) is 4. The van der Waals surface area contributed by atoms with Crippen LogP contribution in [0.2, 0.25) is 0 Å². The van der Waals surface area contributed by atoms with Crippen molar-refractivity contribution in [3.63, 3.8) is 0 Å². The Morgan fingerprint density at radius 3 is 2.67 bits per heavy atom. The maximum atomic E-state index is 12.5. The molecule has 0 unspecified atom stereocenters. The lowest BCUT2D eigenvalue weighted by molar-refractivity contribution is 0.0782. The van der Waals surface area contributed by atoms with E-state index in [4.69, 9.17) is 4.74 Å². The standard InChI is InChI=1S/C21H24N4O2/c1-16-10-11-20(17(2)14-16)27-13-7-12-24(3)21(26)19-15-25(23-22-19)18-8-5-4-6-9-18/h4-6,8-11,14-15H,7,12-13H2,1-3H3. The van der Waals surface area contributed by atoms with E-state index >= 15 is 0 Å². The number of carbonyl (C=O) groups excluding carboxylic acids is 1. The zero-order chi connectivity index (χ0) is 19.2. The Bertz CT molecular complexity index is 906. The van der Waals surface area contributed by atoms with Gasteiger partial charge in [0.25, 0.3) is 5.91 Å². The SMILES string of the molecule is Cc1ccc(OCCCN(C)C(=O)c2cn(-c3ccccc3)nn2)c(C)c1. The number of aromatic nitrogens is 3. The number of hydrogen-bond acceptors (Lipinski definition) is 4. The number of ether oxygens (including phenoxy) is 1. The maximum Gasteiger partial charge on any atom is 0.275 e. The smallest absolute Gasteiger partial charge is 0.275 e. The fourth-order valence-corrected chi connectivity index (χ4v) is 2.81. The third-order valence-corrected chi connectivity index (χ3v) is 4.31. The van der Waals surface area contributed by atoms with Gasteiger partial charge in [0.05, 0.1) is 18.5 Å². The number of benzene rings is 2. The molecule has 0 aliphatic rings. The molecule has 0 bridgehead atoms. The average molecular weight is 364 g/mol. The van der Waals surface area contributed by atoms with E-state index in [0.717, 1.165) is 23.4 Å². The molecule has 27 heavy (non-hydrogen) atoms. The van der Waals surface area contributed by atoms with Gasteiger partial charge in [-0.1, -0.05) is 41.1 Å². The summed E-state index contributed by atoms with van der Waals surface area (Å²) >= 11 is 0. The fraction of sp³-hybridized carbons (Fsp3) is 0.286. The lowest BCUT2D eigenvalue weighted by Gasteiger charge is -2.16. The molecular formula is C21H24N4O2. The third-order valence-electron chi connectivity index (χ3n) is 4.31. The van der Waals surface area contributed by atoms with Crippen molar-refractivity contribution < 1.29 is 9.53 Å². The monoisotopic (exact) mass is 364 g/mol. The summed E-state index contributed by atoms with van der Waals surface area (Å²) in [7, 11) is 1.76. The van der Waals surface area contributed by atoms with Crippen molar-refractivity contribution >= 4 is 5.91 Å². The van der Waals surface area contributed by atoms with E-state index in [2.05, 4.69) is 23.3 Å². The Labute approximate surface area is 159 Å². The van der Waals surface area contributed by atoms with Crippen molar-refractivity contribution in [1.82, 2.24) is 19.9 Å². The number of rotatable bonds is 7. The van der Waals surface area contributed by atoms with Gasteiger partial charge in [-0.25, -0.2) is 4.68 Å². The minimum absolute atomic E-state index is 0.149. The summed E-state index contributed by atoms with van der Waals surface area (Å²) in [5, 5.41) is 8.04. The van der Waals surface area contributed by atoms with Crippen LogP contribution in [0, 0.1) is 13.8 Å². The molecule has 0 saturated heterocycles. The van der Waals surface area contributed by atoms with Crippen molar-refractivity contribution in [2.75, 3.05) is 20.2 Å². The van der Waals surface area contributed by atoms with Crippen molar-refractivity contribution in [2.45, 2.75) is 20.3 Å². The summed E-state index contributed by atoms with van der Waals surface area (Å²) < 4.78 is 7.42. The predicted molar refractivity (Wildman–Crippen MR) is 104 cm³/mol. The number of aryl methyl sites for hydroxylation is 2. The van der Waals surface area contributed by atoms with E-state index in [-0.39, 0.29) is 5.91 Å². The molecule has 0 saturated carbocycles. The molecule has 140 valence electrons. The molecule has 1 aromatic heterocycles. The van der Waals surface area contributed by atoms with Crippen LogP contribution in [0.1, 0.15) is 28.0 Å². The number of amides is 1. The van der Waals surface area contributed by atoms with Crippen LogP contribution >= 0.6 is 0 Å². The van der Waals surface area contributed by atoms with Gasteiger partial charge in [0.15, 0.2) is 5.69 Å². The number of hydrogen-bond donors (Lipinski definition) is 0. The molecule has 0 radical (unpaired) electrons. The Hall–Kier alpha value is -3.15. The van der Waals surface area contributed by atoms with Gasteiger partial charge in [-0.3, -0.25) is 4.79 Å². The van der Waals surface area contributed by atoms with Crippen LogP contribution in [0.3, 0.4) is 0 Å². The van der Waals surface area contributed by atoms with Crippen LogP contribution in [0.15, 0.2) is 54.7 Å². The van der Waals surface area contributed by atoms with E-state index in [1.54, 1.807) is 22.8 Å². The lowest BCUT2D eigenvalue weighted by atomic mass is 10.1. The highest BCUT2D eigenvalue weighted by Crippen LogP contribution is 2.18. The quantitative estimate of drug-likeness (QED) is 0.603. The first-order valence-electron chi connectivity index (χ1n) is 8.98. The van der Waals surface area contributed by atoms with Gasteiger partial charge in [-0.05, 0) is 44.0 Å². The highest BCUT2D eigenvalue weighted by molar-refractivity contribution is 5.91.